The van der Waals surface area contributed by atoms with Crippen LogP contribution in [0.15, 0.2) is 42.5 Å². The number of aryl methyl sites for hydroxylation is 1. The molecule has 0 aliphatic rings. The van der Waals surface area contributed by atoms with Gasteiger partial charge < -0.3 is 26.0 Å². The molecule has 4 aromatic rings. The van der Waals surface area contributed by atoms with Crippen molar-refractivity contribution in [3.8, 4) is 0 Å². The zero-order chi connectivity index (χ0) is 32.5. The van der Waals surface area contributed by atoms with E-state index in [1.807, 2.05) is 38.2 Å². The van der Waals surface area contributed by atoms with Crippen LogP contribution in [0.3, 0.4) is 0 Å². The van der Waals surface area contributed by atoms with E-state index in [1.54, 1.807) is 38.4 Å². The molecule has 0 aliphatic carbocycles. The van der Waals surface area contributed by atoms with E-state index in [0.29, 0.717) is 11.5 Å². The SMILES string of the molecule is C[C@H](CC(=O)OC(C)(C)C)[C@H](Nc1nc(Nc2ccc3c(c2)c(N(C)C)nn3C)c(C(N)=O)cc1F)c1ccc(F)c(F)c1. The van der Waals surface area contributed by atoms with Crippen LogP contribution in [-0.2, 0) is 16.6 Å². The van der Waals surface area contributed by atoms with E-state index in [0.717, 1.165) is 29.1 Å². The number of esters is 1. The molecule has 0 spiro atoms. The average Bonchev–Trinajstić information content (AvgIpc) is 3.24. The lowest BCUT2D eigenvalue weighted by molar-refractivity contribution is -0.155. The second-order valence-electron chi connectivity index (χ2n) is 11.8. The number of ether oxygens (including phenoxy) is 1. The number of anilines is 4. The molecule has 2 aromatic heterocycles. The van der Waals surface area contributed by atoms with Crippen LogP contribution in [0.5, 0.6) is 0 Å². The number of fused-ring (bicyclic) bond motifs is 1. The van der Waals surface area contributed by atoms with Crippen LogP contribution in [0.2, 0.25) is 0 Å². The first-order chi connectivity index (χ1) is 20.5. The molecule has 0 fully saturated rings. The molecular weight excluding hydrogens is 575 g/mol. The third-order valence-electron chi connectivity index (χ3n) is 6.83. The molecule has 10 nitrogen and oxygen atoms in total. The van der Waals surface area contributed by atoms with Crippen molar-refractivity contribution in [3.63, 3.8) is 0 Å². The number of rotatable bonds is 10. The number of hydrogen-bond donors (Lipinski definition) is 3. The molecule has 2 aromatic carbocycles. The smallest absolute Gasteiger partial charge is 0.306 e. The van der Waals surface area contributed by atoms with Gasteiger partial charge in [0.1, 0.15) is 11.4 Å². The van der Waals surface area contributed by atoms with Crippen molar-refractivity contribution in [2.75, 3.05) is 29.6 Å². The molecule has 4 rings (SSSR count). The van der Waals surface area contributed by atoms with Crippen molar-refractivity contribution in [3.05, 3.63) is 71.0 Å². The van der Waals surface area contributed by atoms with Gasteiger partial charge >= 0.3 is 5.97 Å². The predicted octanol–water partition coefficient (Wildman–Crippen LogP) is 5.82. The van der Waals surface area contributed by atoms with E-state index in [1.165, 1.54) is 6.07 Å². The van der Waals surface area contributed by atoms with Gasteiger partial charge in [0.05, 0.1) is 23.5 Å². The van der Waals surface area contributed by atoms with Crippen molar-refractivity contribution < 1.29 is 27.5 Å². The first kappa shape index (κ1) is 32.1. The van der Waals surface area contributed by atoms with E-state index in [9.17, 15) is 18.4 Å². The fourth-order valence-corrected chi connectivity index (χ4v) is 4.84. The molecule has 0 unspecified atom stereocenters. The Labute approximate surface area is 253 Å². The van der Waals surface area contributed by atoms with E-state index in [2.05, 4.69) is 20.7 Å². The monoisotopic (exact) mass is 611 g/mol. The van der Waals surface area contributed by atoms with E-state index < -0.39 is 46.9 Å². The normalized spacial score (nSPS) is 13.0. The van der Waals surface area contributed by atoms with E-state index >= 15 is 4.39 Å². The molecule has 44 heavy (non-hydrogen) atoms. The maximum atomic E-state index is 15.4. The molecule has 234 valence electrons. The third-order valence-corrected chi connectivity index (χ3v) is 6.83. The summed E-state index contributed by atoms with van der Waals surface area (Å²) in [6.07, 6.45) is -0.126. The standard InChI is InChI=1S/C31H36F3N7O3/c1-16(12-25(42)44-31(2,3)4)26(17-8-10-21(32)22(33)13-17)37-29-23(34)15-20(27(35)43)28(38-29)36-18-9-11-24-19(14-18)30(40(5)6)39-41(24)7/h8-11,13-16,26H,12H2,1-7H3,(H2,35,43)(H2,36,37,38)/t16-,26+/m1/s1. The molecule has 0 bridgehead atoms. The minimum absolute atomic E-state index is 0.0418. The van der Waals surface area contributed by atoms with Crippen LogP contribution < -0.4 is 21.3 Å². The number of amides is 1. The highest BCUT2D eigenvalue weighted by Gasteiger charge is 2.28. The van der Waals surface area contributed by atoms with Crippen LogP contribution in [-0.4, -0.2) is 46.3 Å². The van der Waals surface area contributed by atoms with Gasteiger partial charge in [-0.15, -0.1) is 0 Å². The van der Waals surface area contributed by atoms with E-state index in [4.69, 9.17) is 10.5 Å². The van der Waals surface area contributed by atoms with E-state index in [-0.39, 0.29) is 29.2 Å². The number of aromatic nitrogens is 3. The molecule has 2 heterocycles. The third kappa shape index (κ3) is 7.21. The molecule has 1 amide bonds. The van der Waals surface area contributed by atoms with Crippen LogP contribution in [0.4, 0.5) is 36.3 Å². The van der Waals surface area contributed by atoms with Gasteiger partial charge in [-0.05, 0) is 68.7 Å². The number of nitrogens with zero attached hydrogens (tertiary/aromatic N) is 4. The van der Waals surface area contributed by atoms with Gasteiger partial charge in [-0.3, -0.25) is 14.3 Å². The summed E-state index contributed by atoms with van der Waals surface area (Å²) in [6, 6.07) is 8.68. The number of nitrogens with two attached hydrogens (primary N) is 1. The number of halogens is 3. The Hall–Kier alpha value is -4.81. The predicted molar refractivity (Wildman–Crippen MR) is 163 cm³/mol. The molecule has 0 radical (unpaired) electrons. The number of carbonyl (C=O) groups is 2. The largest absolute Gasteiger partial charge is 0.460 e. The number of primary amides is 1. The van der Waals surface area contributed by atoms with Crippen molar-refractivity contribution in [1.82, 2.24) is 14.8 Å². The highest BCUT2D eigenvalue weighted by Crippen LogP contribution is 2.34. The fourth-order valence-electron chi connectivity index (χ4n) is 4.84. The topological polar surface area (TPSA) is 127 Å². The Morgan fingerprint density at radius 2 is 1.73 bits per heavy atom. The molecular formula is C31H36F3N7O3. The minimum Gasteiger partial charge on any atom is -0.460 e. The molecule has 4 N–H and O–H groups in total. The summed E-state index contributed by atoms with van der Waals surface area (Å²) < 4.78 is 50.7. The zero-order valence-electron chi connectivity index (χ0n) is 25.6. The number of hydrogen-bond acceptors (Lipinski definition) is 8. The second kappa shape index (κ2) is 12.4. The summed E-state index contributed by atoms with van der Waals surface area (Å²) in [5.74, 6) is -4.76. The Bertz CT molecular complexity index is 1720. The van der Waals surface area contributed by atoms with Crippen LogP contribution in [0.25, 0.3) is 10.9 Å². The number of pyridine rings is 1. The van der Waals surface area contributed by atoms with Gasteiger partial charge in [-0.25, -0.2) is 18.2 Å². The lowest BCUT2D eigenvalue weighted by atomic mass is 9.91. The van der Waals surface area contributed by atoms with Crippen LogP contribution >= 0.6 is 0 Å². The van der Waals surface area contributed by atoms with Gasteiger partial charge in [0.2, 0.25) is 0 Å². The summed E-state index contributed by atoms with van der Waals surface area (Å²) in [5, 5.41) is 11.3. The Morgan fingerprint density at radius 3 is 2.34 bits per heavy atom. The highest BCUT2D eigenvalue weighted by molar-refractivity contribution is 5.99. The van der Waals surface area contributed by atoms with Crippen molar-refractivity contribution in [2.45, 2.75) is 45.8 Å². The summed E-state index contributed by atoms with van der Waals surface area (Å²) >= 11 is 0. The Balaban J connectivity index is 1.74. The Morgan fingerprint density at radius 1 is 1.02 bits per heavy atom. The van der Waals surface area contributed by atoms with Crippen molar-refractivity contribution >= 4 is 45.9 Å². The van der Waals surface area contributed by atoms with Gasteiger partial charge in [0, 0.05) is 32.2 Å². The summed E-state index contributed by atoms with van der Waals surface area (Å²) in [7, 11) is 5.54. The molecule has 13 heteroatoms. The molecule has 0 aliphatic heterocycles. The summed E-state index contributed by atoms with van der Waals surface area (Å²) in [6.45, 7) is 6.86. The average molecular weight is 612 g/mol. The first-order valence-electron chi connectivity index (χ1n) is 13.9. The number of carbonyl (C=O) groups excluding carboxylic acids is 2. The van der Waals surface area contributed by atoms with Crippen molar-refractivity contribution in [1.29, 1.82) is 0 Å². The van der Waals surface area contributed by atoms with Gasteiger partial charge in [-0.2, -0.15) is 5.10 Å². The summed E-state index contributed by atoms with van der Waals surface area (Å²) in [5.41, 5.74) is 6.24. The van der Waals surface area contributed by atoms with Crippen LogP contribution in [0, 0.1) is 23.4 Å². The van der Waals surface area contributed by atoms with Gasteiger partial charge in [0.25, 0.3) is 5.91 Å². The number of nitrogens with one attached hydrogen (secondary N) is 2. The lowest BCUT2D eigenvalue weighted by Crippen LogP contribution is -2.28. The molecule has 0 saturated carbocycles. The van der Waals surface area contributed by atoms with Crippen LogP contribution in [0.1, 0.15) is 56.1 Å². The number of benzene rings is 2. The molecule has 2 atom stereocenters. The molecule has 0 saturated heterocycles. The fraction of sp³-hybridized carbons (Fsp3) is 0.355. The van der Waals surface area contributed by atoms with Gasteiger partial charge in [-0.1, -0.05) is 13.0 Å². The zero-order valence-corrected chi connectivity index (χ0v) is 25.6. The van der Waals surface area contributed by atoms with Crippen molar-refractivity contribution in [2.24, 2.45) is 18.7 Å². The second-order valence-corrected chi connectivity index (χ2v) is 11.8. The maximum Gasteiger partial charge on any atom is 0.306 e. The quantitative estimate of drug-likeness (QED) is 0.192. The van der Waals surface area contributed by atoms with Gasteiger partial charge in [0.15, 0.2) is 29.1 Å². The Kier molecular flexibility index (Phi) is 9.07. The first-order valence-corrected chi connectivity index (χ1v) is 13.9. The lowest BCUT2D eigenvalue weighted by Gasteiger charge is -2.28. The maximum absolute atomic E-state index is 15.4. The minimum atomic E-state index is -1.11. The highest BCUT2D eigenvalue weighted by atomic mass is 19.2. The summed E-state index contributed by atoms with van der Waals surface area (Å²) in [4.78, 5) is 31.1.